The summed E-state index contributed by atoms with van der Waals surface area (Å²) in [6, 6.07) is 11.7. The SMILES string of the molecule is CCCC(=O)Cc1cccc(N)n1.Cc1cccc(N([Si](C)(C)C)[Si](C)(C)C)n1. The van der Waals surface area contributed by atoms with E-state index in [1.807, 2.05) is 19.1 Å². The van der Waals surface area contributed by atoms with Gasteiger partial charge < -0.3 is 9.96 Å². The summed E-state index contributed by atoms with van der Waals surface area (Å²) in [7, 11) is -2.71. The number of hydrogen-bond donors (Lipinski definition) is 1. The van der Waals surface area contributed by atoms with E-state index in [-0.39, 0.29) is 5.78 Å². The van der Waals surface area contributed by atoms with E-state index in [0.29, 0.717) is 18.7 Å². The van der Waals surface area contributed by atoms with Crippen LogP contribution in [-0.2, 0) is 11.2 Å². The smallest absolute Gasteiger partial charge is 0.139 e. The molecule has 0 atom stereocenters. The first-order chi connectivity index (χ1) is 13.3. The number of hydrogen-bond acceptors (Lipinski definition) is 5. The summed E-state index contributed by atoms with van der Waals surface area (Å²) in [5.74, 6) is 1.88. The fourth-order valence-electron chi connectivity index (χ4n) is 3.51. The van der Waals surface area contributed by atoms with Gasteiger partial charge in [0.15, 0.2) is 0 Å². The summed E-state index contributed by atoms with van der Waals surface area (Å²) in [5, 5.41) is 0. The van der Waals surface area contributed by atoms with E-state index in [9.17, 15) is 4.79 Å². The standard InChI is InChI=1S/C12H24N2Si2.C10H14N2O/c1-11-9-8-10-12(13-11)14(15(2,3)4)16(5,6)7;1-2-4-9(13)7-8-5-3-6-10(11)12-8/h8-10H,1-7H3;3,5-6H,2,4,7H2,1H3,(H2,11,12). The normalized spacial score (nSPS) is 11.4. The number of pyridine rings is 2. The summed E-state index contributed by atoms with van der Waals surface area (Å²) >= 11 is 0. The summed E-state index contributed by atoms with van der Waals surface area (Å²) < 4.78 is 2.65. The highest BCUT2D eigenvalue weighted by molar-refractivity contribution is 6.99. The maximum absolute atomic E-state index is 11.2. The molecule has 0 unspecified atom stereocenters. The van der Waals surface area contributed by atoms with Gasteiger partial charge in [0.25, 0.3) is 0 Å². The van der Waals surface area contributed by atoms with Crippen LogP contribution in [0.15, 0.2) is 36.4 Å². The largest absolute Gasteiger partial charge is 0.410 e. The van der Waals surface area contributed by atoms with Gasteiger partial charge in [-0.25, -0.2) is 9.97 Å². The molecule has 0 aromatic carbocycles. The van der Waals surface area contributed by atoms with Crippen LogP contribution in [0.25, 0.3) is 0 Å². The maximum atomic E-state index is 11.2. The molecule has 7 heteroatoms. The average Bonchev–Trinajstić information content (AvgIpc) is 2.53. The van der Waals surface area contributed by atoms with Gasteiger partial charge in [0.1, 0.15) is 33.9 Å². The van der Waals surface area contributed by atoms with E-state index in [1.54, 1.807) is 6.07 Å². The number of nitrogens with zero attached hydrogens (tertiary/aromatic N) is 3. The van der Waals surface area contributed by atoms with Crippen molar-refractivity contribution in [3.8, 4) is 0 Å². The first-order valence-corrected chi connectivity index (χ1v) is 17.2. The zero-order valence-electron chi connectivity index (χ0n) is 19.4. The second kappa shape index (κ2) is 10.7. The van der Waals surface area contributed by atoms with Gasteiger partial charge in [0.05, 0.1) is 5.69 Å². The number of carbonyl (C=O) groups excluding carboxylic acids is 1. The molecule has 2 aromatic heterocycles. The Balaban J connectivity index is 0.000000296. The number of carbonyl (C=O) groups is 1. The molecule has 2 heterocycles. The average molecular weight is 431 g/mol. The molecule has 0 aliphatic rings. The molecular weight excluding hydrogens is 392 g/mol. The molecule has 0 fully saturated rings. The van der Waals surface area contributed by atoms with E-state index >= 15 is 0 Å². The molecule has 0 aliphatic carbocycles. The number of rotatable bonds is 7. The first kappa shape index (κ1) is 25.0. The Morgan fingerprint density at radius 2 is 1.55 bits per heavy atom. The van der Waals surface area contributed by atoms with Crippen LogP contribution in [0.2, 0.25) is 39.3 Å². The number of Topliss-reactive ketones (excluding diaryl/α,β-unsaturated/α-hetero) is 1. The van der Waals surface area contributed by atoms with Gasteiger partial charge in [-0.2, -0.15) is 0 Å². The van der Waals surface area contributed by atoms with E-state index in [1.165, 1.54) is 5.82 Å². The molecule has 2 aromatic rings. The van der Waals surface area contributed by atoms with Crippen molar-refractivity contribution < 1.29 is 4.79 Å². The zero-order valence-corrected chi connectivity index (χ0v) is 21.4. The monoisotopic (exact) mass is 430 g/mol. The van der Waals surface area contributed by atoms with Crippen LogP contribution in [0.5, 0.6) is 0 Å². The second-order valence-electron chi connectivity index (χ2n) is 9.33. The van der Waals surface area contributed by atoms with Gasteiger partial charge in [0, 0.05) is 18.5 Å². The molecule has 2 rings (SSSR count). The third-order valence-corrected chi connectivity index (χ3v) is 11.3. The highest BCUT2D eigenvalue weighted by Crippen LogP contribution is 2.26. The Morgan fingerprint density at radius 3 is 2.03 bits per heavy atom. The Hall–Kier alpha value is -2.00. The minimum atomic E-state index is -1.35. The molecule has 0 aliphatic heterocycles. The van der Waals surface area contributed by atoms with Gasteiger partial charge >= 0.3 is 0 Å². The fourth-order valence-corrected chi connectivity index (χ4v) is 13.2. The zero-order chi connectivity index (χ0) is 22.2. The lowest BCUT2D eigenvalue weighted by atomic mass is 10.1. The molecule has 0 saturated carbocycles. The van der Waals surface area contributed by atoms with E-state index in [2.05, 4.69) is 73.6 Å². The van der Waals surface area contributed by atoms with Crippen molar-refractivity contribution in [1.29, 1.82) is 0 Å². The minimum absolute atomic E-state index is 0.223. The van der Waals surface area contributed by atoms with Gasteiger partial charge in [0.2, 0.25) is 0 Å². The lowest BCUT2D eigenvalue weighted by molar-refractivity contribution is -0.118. The topological polar surface area (TPSA) is 72.1 Å². The number of nitrogens with two attached hydrogens (primary N) is 1. The van der Waals surface area contributed by atoms with E-state index in [0.717, 1.165) is 17.8 Å². The molecular formula is C22H38N4OSi2. The van der Waals surface area contributed by atoms with Crippen molar-refractivity contribution in [2.45, 2.75) is 72.4 Å². The van der Waals surface area contributed by atoms with Crippen molar-refractivity contribution >= 4 is 33.9 Å². The second-order valence-corrected chi connectivity index (χ2v) is 19.4. The van der Waals surface area contributed by atoms with Crippen LogP contribution in [-0.4, -0.2) is 32.2 Å². The molecule has 160 valence electrons. The Labute approximate surface area is 178 Å². The molecule has 0 spiro atoms. The minimum Gasteiger partial charge on any atom is -0.410 e. The molecule has 0 amide bonds. The molecule has 5 nitrogen and oxygen atoms in total. The lowest BCUT2D eigenvalue weighted by Gasteiger charge is -2.44. The highest BCUT2D eigenvalue weighted by atomic mass is 28.4. The van der Waals surface area contributed by atoms with Gasteiger partial charge in [-0.1, -0.05) is 58.3 Å². The molecule has 2 N–H and O–H groups in total. The molecule has 0 bridgehead atoms. The maximum Gasteiger partial charge on any atom is 0.139 e. The lowest BCUT2D eigenvalue weighted by Crippen LogP contribution is -2.59. The van der Waals surface area contributed by atoms with Crippen LogP contribution in [0.3, 0.4) is 0 Å². The van der Waals surface area contributed by atoms with Crippen LogP contribution < -0.4 is 9.96 Å². The van der Waals surface area contributed by atoms with Crippen molar-refractivity contribution in [1.82, 2.24) is 9.97 Å². The van der Waals surface area contributed by atoms with Crippen molar-refractivity contribution in [3.63, 3.8) is 0 Å². The molecule has 29 heavy (non-hydrogen) atoms. The summed E-state index contributed by atoms with van der Waals surface area (Å²) in [6.45, 7) is 18.4. The van der Waals surface area contributed by atoms with Crippen LogP contribution in [0.4, 0.5) is 11.6 Å². The number of aryl methyl sites for hydroxylation is 1. The number of anilines is 2. The fraction of sp³-hybridized carbons (Fsp3) is 0.500. The van der Waals surface area contributed by atoms with Crippen LogP contribution in [0, 0.1) is 6.92 Å². The van der Waals surface area contributed by atoms with Crippen molar-refractivity contribution in [2.24, 2.45) is 0 Å². The van der Waals surface area contributed by atoms with Crippen LogP contribution >= 0.6 is 0 Å². The quantitative estimate of drug-likeness (QED) is 0.592. The third-order valence-electron chi connectivity index (χ3n) is 4.18. The highest BCUT2D eigenvalue weighted by Gasteiger charge is 2.35. The third kappa shape index (κ3) is 8.91. The van der Waals surface area contributed by atoms with Gasteiger partial charge in [-0.3, -0.25) is 4.79 Å². The summed E-state index contributed by atoms with van der Waals surface area (Å²) in [4.78, 5) is 20.0. The molecule has 0 saturated heterocycles. The van der Waals surface area contributed by atoms with E-state index in [4.69, 9.17) is 10.7 Å². The van der Waals surface area contributed by atoms with E-state index < -0.39 is 16.5 Å². The predicted molar refractivity (Wildman–Crippen MR) is 130 cm³/mol. The van der Waals surface area contributed by atoms with Crippen LogP contribution in [0.1, 0.15) is 31.2 Å². The Morgan fingerprint density at radius 1 is 0.966 bits per heavy atom. The molecule has 0 radical (unpaired) electrons. The predicted octanol–water partition coefficient (Wildman–Crippen LogP) is 5.44. The Kier molecular flexibility index (Phi) is 9.23. The number of nitrogen functional groups attached to an aromatic ring is 1. The van der Waals surface area contributed by atoms with Crippen molar-refractivity contribution in [2.75, 3.05) is 9.96 Å². The number of aromatic nitrogens is 2. The Bertz CT molecular complexity index is 784. The van der Waals surface area contributed by atoms with Gasteiger partial charge in [-0.15, -0.1) is 0 Å². The first-order valence-electron chi connectivity index (χ1n) is 10.3. The van der Waals surface area contributed by atoms with Crippen molar-refractivity contribution in [3.05, 3.63) is 47.8 Å². The summed E-state index contributed by atoms with van der Waals surface area (Å²) in [6.07, 6.45) is 1.91. The summed E-state index contributed by atoms with van der Waals surface area (Å²) in [5.41, 5.74) is 7.36. The number of ketones is 1. The van der Waals surface area contributed by atoms with Gasteiger partial charge in [-0.05, 0) is 37.6 Å².